The zero-order valence-corrected chi connectivity index (χ0v) is 14.4. The molecule has 1 N–H and O–H groups in total. The van der Waals surface area contributed by atoms with Crippen molar-refractivity contribution < 1.29 is 13.2 Å². The minimum absolute atomic E-state index is 0.193. The summed E-state index contributed by atoms with van der Waals surface area (Å²) in [7, 11) is -3.28. The maximum absolute atomic E-state index is 12.1. The molecule has 0 aromatic carbocycles. The van der Waals surface area contributed by atoms with Crippen LogP contribution in [0.15, 0.2) is 23.1 Å². The molecular formula is C15H26N2O4S. The molecule has 6 nitrogen and oxygen atoms in total. The highest BCUT2D eigenvalue weighted by molar-refractivity contribution is 7.88. The summed E-state index contributed by atoms with van der Waals surface area (Å²) in [6, 6.07) is 2.88. The van der Waals surface area contributed by atoms with Gasteiger partial charge in [-0.15, -0.1) is 0 Å². The fraction of sp³-hybridized carbons (Fsp3) is 0.667. The van der Waals surface area contributed by atoms with Crippen molar-refractivity contribution in [2.75, 3.05) is 12.9 Å². The third-order valence-corrected chi connectivity index (χ3v) is 4.04. The lowest BCUT2D eigenvalue weighted by Crippen LogP contribution is -2.38. The van der Waals surface area contributed by atoms with E-state index in [1.165, 1.54) is 10.6 Å². The van der Waals surface area contributed by atoms with Gasteiger partial charge in [0.1, 0.15) is 5.75 Å². The van der Waals surface area contributed by atoms with Crippen LogP contribution in [0.4, 0.5) is 0 Å². The number of aromatic nitrogens is 1. The molecule has 1 aromatic rings. The van der Waals surface area contributed by atoms with Gasteiger partial charge < -0.3 is 9.30 Å². The second-order valence-corrected chi connectivity index (χ2v) is 7.18. The fourth-order valence-corrected chi connectivity index (χ4v) is 2.91. The number of hydrogen-bond donors (Lipinski definition) is 1. The molecular weight excluding hydrogens is 304 g/mol. The summed E-state index contributed by atoms with van der Waals surface area (Å²) in [5.41, 5.74) is -0.193. The third-order valence-electron chi connectivity index (χ3n) is 3.27. The molecule has 0 bridgehead atoms. The minimum Gasteiger partial charge on any atom is -0.493 e. The van der Waals surface area contributed by atoms with Crippen molar-refractivity contribution in [3.8, 4) is 5.75 Å². The first-order chi connectivity index (χ1) is 10.4. The van der Waals surface area contributed by atoms with E-state index in [1.54, 1.807) is 12.3 Å². The van der Waals surface area contributed by atoms with Gasteiger partial charge in [-0.05, 0) is 18.9 Å². The first kappa shape index (κ1) is 18.7. The maximum Gasteiger partial charge on any atom is 0.254 e. The molecule has 0 amide bonds. The van der Waals surface area contributed by atoms with Crippen LogP contribution in [0.1, 0.15) is 39.5 Å². The van der Waals surface area contributed by atoms with Crippen LogP contribution in [0.3, 0.4) is 0 Å². The molecule has 7 heteroatoms. The number of ether oxygens (including phenoxy) is 1. The van der Waals surface area contributed by atoms with Gasteiger partial charge in [-0.1, -0.05) is 26.7 Å². The van der Waals surface area contributed by atoms with Crippen molar-refractivity contribution in [3.63, 3.8) is 0 Å². The molecule has 0 aliphatic rings. The molecule has 1 heterocycles. The summed E-state index contributed by atoms with van der Waals surface area (Å²) in [4.78, 5) is 12.1. The average Bonchev–Trinajstić information content (AvgIpc) is 2.44. The summed E-state index contributed by atoms with van der Waals surface area (Å²) in [6.07, 6.45) is 6.56. The molecule has 0 spiro atoms. The number of rotatable bonds is 10. The Morgan fingerprint density at radius 1 is 1.32 bits per heavy atom. The van der Waals surface area contributed by atoms with E-state index in [1.807, 2.05) is 6.92 Å². The van der Waals surface area contributed by atoms with Crippen molar-refractivity contribution in [2.45, 2.75) is 52.1 Å². The molecule has 0 aliphatic heterocycles. The number of unbranched alkanes of at least 4 members (excludes halogenated alkanes) is 2. The Kier molecular flexibility index (Phi) is 7.61. The zero-order valence-electron chi connectivity index (χ0n) is 13.5. The van der Waals surface area contributed by atoms with Gasteiger partial charge in [0.15, 0.2) is 0 Å². The van der Waals surface area contributed by atoms with Crippen LogP contribution in [0, 0.1) is 0 Å². The van der Waals surface area contributed by atoms with Gasteiger partial charge >= 0.3 is 0 Å². The van der Waals surface area contributed by atoms with E-state index in [0.29, 0.717) is 25.3 Å². The van der Waals surface area contributed by atoms with Gasteiger partial charge in [0.2, 0.25) is 10.0 Å². The summed E-state index contributed by atoms with van der Waals surface area (Å²) in [6.45, 7) is 4.90. The highest BCUT2D eigenvalue weighted by Crippen LogP contribution is 2.08. The van der Waals surface area contributed by atoms with Gasteiger partial charge in [-0.25, -0.2) is 13.1 Å². The second kappa shape index (κ2) is 8.95. The maximum atomic E-state index is 12.1. The van der Waals surface area contributed by atoms with E-state index in [2.05, 4.69) is 11.6 Å². The van der Waals surface area contributed by atoms with Crippen LogP contribution in [0.5, 0.6) is 5.75 Å². The average molecular weight is 330 g/mol. The van der Waals surface area contributed by atoms with E-state index in [9.17, 15) is 13.2 Å². The summed E-state index contributed by atoms with van der Waals surface area (Å²) < 4.78 is 32.1. The predicted octanol–water partition coefficient (Wildman–Crippen LogP) is 1.75. The van der Waals surface area contributed by atoms with Crippen molar-refractivity contribution in [1.29, 1.82) is 0 Å². The molecule has 0 saturated heterocycles. The molecule has 0 aliphatic carbocycles. The monoisotopic (exact) mass is 330 g/mol. The highest BCUT2D eigenvalue weighted by atomic mass is 32.2. The van der Waals surface area contributed by atoms with Crippen LogP contribution >= 0.6 is 0 Å². The molecule has 0 saturated carbocycles. The Bertz CT molecular complexity index is 610. The lowest BCUT2D eigenvalue weighted by Gasteiger charge is -2.17. The standard InChI is InChI=1S/C15H26N2O4S/c1-4-6-7-10-21-14-8-9-17(15(18)11-14)12-13(5-2)16-22(3,19)20/h8-9,11,13,16H,4-7,10,12H2,1-3H3. The summed E-state index contributed by atoms with van der Waals surface area (Å²) in [5, 5.41) is 0. The van der Waals surface area contributed by atoms with Crippen LogP contribution in [0.2, 0.25) is 0 Å². The summed E-state index contributed by atoms with van der Waals surface area (Å²) >= 11 is 0. The third kappa shape index (κ3) is 7.09. The van der Waals surface area contributed by atoms with E-state index >= 15 is 0 Å². The Morgan fingerprint density at radius 2 is 2.05 bits per heavy atom. The number of sulfonamides is 1. The minimum atomic E-state index is -3.28. The normalized spacial score (nSPS) is 13.0. The largest absolute Gasteiger partial charge is 0.493 e. The quantitative estimate of drug-likeness (QED) is 0.663. The van der Waals surface area contributed by atoms with Gasteiger partial charge in [-0.2, -0.15) is 0 Å². The first-order valence-corrected chi connectivity index (χ1v) is 9.55. The Labute approximate surface area is 132 Å². The Balaban J connectivity index is 2.66. The number of hydrogen-bond acceptors (Lipinski definition) is 4. The van der Waals surface area contributed by atoms with Crippen LogP contribution < -0.4 is 15.0 Å². The fourth-order valence-electron chi connectivity index (χ4n) is 2.06. The van der Waals surface area contributed by atoms with Crippen molar-refractivity contribution >= 4 is 10.0 Å². The van der Waals surface area contributed by atoms with Crippen LogP contribution in [0.25, 0.3) is 0 Å². The molecule has 0 radical (unpaired) electrons. The van der Waals surface area contributed by atoms with Gasteiger partial charge in [0.25, 0.3) is 5.56 Å². The van der Waals surface area contributed by atoms with Crippen LogP contribution in [-0.2, 0) is 16.6 Å². The van der Waals surface area contributed by atoms with Crippen molar-refractivity contribution in [1.82, 2.24) is 9.29 Å². The zero-order chi connectivity index (χ0) is 16.6. The molecule has 1 aromatic heterocycles. The smallest absolute Gasteiger partial charge is 0.254 e. The number of nitrogens with one attached hydrogen (secondary N) is 1. The van der Waals surface area contributed by atoms with Crippen molar-refractivity contribution in [2.24, 2.45) is 0 Å². The lowest BCUT2D eigenvalue weighted by atomic mass is 10.2. The number of nitrogens with zero attached hydrogens (tertiary/aromatic N) is 1. The van der Waals surface area contributed by atoms with E-state index in [4.69, 9.17) is 4.74 Å². The van der Waals surface area contributed by atoms with Gasteiger partial charge in [0, 0.05) is 24.8 Å². The lowest BCUT2D eigenvalue weighted by molar-refractivity contribution is 0.304. The van der Waals surface area contributed by atoms with Crippen LogP contribution in [-0.4, -0.2) is 31.9 Å². The number of pyridine rings is 1. The first-order valence-electron chi connectivity index (χ1n) is 7.66. The molecule has 1 unspecified atom stereocenters. The Morgan fingerprint density at radius 3 is 2.59 bits per heavy atom. The molecule has 0 fully saturated rings. The molecule has 126 valence electrons. The van der Waals surface area contributed by atoms with Gasteiger partial charge in [0.05, 0.1) is 12.9 Å². The van der Waals surface area contributed by atoms with Gasteiger partial charge in [-0.3, -0.25) is 4.79 Å². The molecule has 22 heavy (non-hydrogen) atoms. The SMILES string of the molecule is CCCCCOc1ccn(CC(CC)NS(C)(=O)=O)c(=O)c1. The summed E-state index contributed by atoms with van der Waals surface area (Å²) in [5.74, 6) is 0.557. The Hall–Kier alpha value is -1.34. The second-order valence-electron chi connectivity index (χ2n) is 5.40. The van der Waals surface area contributed by atoms with Crippen molar-refractivity contribution in [3.05, 3.63) is 28.7 Å². The molecule has 1 rings (SSSR count). The van der Waals surface area contributed by atoms with E-state index in [0.717, 1.165) is 25.5 Å². The predicted molar refractivity (Wildman–Crippen MR) is 87.8 cm³/mol. The molecule has 1 atom stereocenters. The highest BCUT2D eigenvalue weighted by Gasteiger charge is 2.13. The topological polar surface area (TPSA) is 77.4 Å². The van der Waals surface area contributed by atoms with E-state index in [-0.39, 0.29) is 11.6 Å². The van der Waals surface area contributed by atoms with E-state index < -0.39 is 10.0 Å².